The lowest BCUT2D eigenvalue weighted by atomic mass is 10.2. The van der Waals surface area contributed by atoms with E-state index >= 15 is 0 Å². The van der Waals surface area contributed by atoms with E-state index in [0.717, 1.165) is 11.3 Å². The first-order chi connectivity index (χ1) is 15.8. The number of carbonyl (C=O) groups excluding carboxylic acids is 1. The van der Waals surface area contributed by atoms with Crippen LogP contribution in [0.25, 0.3) is 0 Å². The van der Waals surface area contributed by atoms with E-state index in [-0.39, 0.29) is 28.1 Å². The maximum atomic E-state index is 12.2. The number of ether oxygens (including phenoxy) is 1. The summed E-state index contributed by atoms with van der Waals surface area (Å²) in [6, 6.07) is 12.1. The van der Waals surface area contributed by atoms with Crippen LogP contribution >= 0.6 is 23.2 Å². The Morgan fingerprint density at radius 3 is 2.67 bits per heavy atom. The van der Waals surface area contributed by atoms with Crippen molar-refractivity contribution in [3.8, 4) is 5.75 Å². The summed E-state index contributed by atoms with van der Waals surface area (Å²) in [6.07, 6.45) is 1.18. The molecule has 0 saturated carbocycles. The predicted molar refractivity (Wildman–Crippen MR) is 126 cm³/mol. The summed E-state index contributed by atoms with van der Waals surface area (Å²) in [5.74, 6) is -0.428. The Labute approximate surface area is 199 Å². The van der Waals surface area contributed by atoms with E-state index in [1.807, 2.05) is 38.1 Å². The second-order valence-corrected chi connectivity index (χ2v) is 7.62. The molecule has 172 valence electrons. The second kappa shape index (κ2) is 10.8. The monoisotopic (exact) mass is 490 g/mol. The fourth-order valence-corrected chi connectivity index (χ4v) is 3.44. The number of benzene rings is 2. The Hall–Kier alpha value is -3.63. The smallest absolute Gasteiger partial charge is 0.355 e. The number of hydrazine groups is 1. The van der Waals surface area contributed by atoms with Gasteiger partial charge in [-0.05, 0) is 49.7 Å². The van der Waals surface area contributed by atoms with Gasteiger partial charge in [-0.25, -0.2) is 9.97 Å². The van der Waals surface area contributed by atoms with Gasteiger partial charge in [-0.15, -0.1) is 0 Å². The van der Waals surface area contributed by atoms with E-state index in [4.69, 9.17) is 27.9 Å². The number of anilines is 3. The molecule has 1 heterocycles. The van der Waals surface area contributed by atoms with Crippen LogP contribution in [0.1, 0.15) is 12.5 Å². The lowest BCUT2D eigenvalue weighted by molar-refractivity contribution is -0.383. The van der Waals surface area contributed by atoms with Crippen molar-refractivity contribution in [2.75, 3.05) is 23.5 Å². The van der Waals surface area contributed by atoms with Crippen molar-refractivity contribution in [1.82, 2.24) is 15.4 Å². The highest BCUT2D eigenvalue weighted by molar-refractivity contribution is 6.35. The molecule has 10 nitrogen and oxygen atoms in total. The van der Waals surface area contributed by atoms with Crippen LogP contribution in [0.15, 0.2) is 48.8 Å². The number of aromatic nitrogens is 2. The summed E-state index contributed by atoms with van der Waals surface area (Å²) in [4.78, 5) is 33.2. The molecule has 3 rings (SSSR count). The lowest BCUT2D eigenvalue weighted by Gasteiger charge is -2.22. The first-order valence-electron chi connectivity index (χ1n) is 9.76. The molecule has 2 aromatic carbocycles. The Morgan fingerprint density at radius 1 is 1.21 bits per heavy atom. The number of rotatable bonds is 9. The minimum atomic E-state index is -0.610. The van der Waals surface area contributed by atoms with Gasteiger partial charge in [0.2, 0.25) is 11.6 Å². The number of hydrogen-bond donors (Lipinski definition) is 2. The molecular formula is C21H20Cl2N6O4. The number of nitro groups is 1. The third kappa shape index (κ3) is 5.99. The standard InChI is InChI=1S/C21H20Cl2N6O4/c1-3-28(15-6-4-5-13(2)9-15)21-19(29(31)32)20(24-12-25-21)27-26-18(30)11-33-17-8-7-14(22)10-16(17)23/h4-10,12H,3,11H2,1-2H3,(H,26,30)(H,24,25,27). The zero-order chi connectivity index (χ0) is 24.0. The topological polar surface area (TPSA) is 123 Å². The lowest BCUT2D eigenvalue weighted by Crippen LogP contribution is -2.34. The van der Waals surface area contributed by atoms with E-state index in [1.165, 1.54) is 18.5 Å². The Kier molecular flexibility index (Phi) is 7.86. The largest absolute Gasteiger partial charge is 0.482 e. The summed E-state index contributed by atoms with van der Waals surface area (Å²) < 4.78 is 5.35. The molecule has 1 aromatic heterocycles. The molecule has 0 unspecified atom stereocenters. The molecule has 0 saturated heterocycles. The van der Waals surface area contributed by atoms with E-state index in [0.29, 0.717) is 11.6 Å². The number of carbonyl (C=O) groups is 1. The van der Waals surface area contributed by atoms with Gasteiger partial charge in [0.25, 0.3) is 5.91 Å². The molecule has 0 atom stereocenters. The quantitative estimate of drug-likeness (QED) is 0.327. The molecule has 12 heteroatoms. The molecular weight excluding hydrogens is 471 g/mol. The van der Waals surface area contributed by atoms with E-state index in [1.54, 1.807) is 11.0 Å². The number of amides is 1. The molecule has 0 aliphatic carbocycles. The fourth-order valence-electron chi connectivity index (χ4n) is 2.98. The highest BCUT2D eigenvalue weighted by Gasteiger charge is 2.27. The van der Waals surface area contributed by atoms with E-state index in [9.17, 15) is 14.9 Å². The first kappa shape index (κ1) is 24.0. The highest BCUT2D eigenvalue weighted by Crippen LogP contribution is 2.35. The van der Waals surface area contributed by atoms with Crippen LogP contribution in [-0.2, 0) is 4.79 Å². The number of hydrogen-bond acceptors (Lipinski definition) is 8. The van der Waals surface area contributed by atoms with Crippen LogP contribution < -0.4 is 20.5 Å². The van der Waals surface area contributed by atoms with Crippen LogP contribution in [0.2, 0.25) is 10.0 Å². The van der Waals surface area contributed by atoms with Crippen LogP contribution in [0.5, 0.6) is 5.75 Å². The minimum Gasteiger partial charge on any atom is -0.482 e. The maximum absolute atomic E-state index is 12.2. The van der Waals surface area contributed by atoms with Crippen LogP contribution in [0.3, 0.4) is 0 Å². The summed E-state index contributed by atoms with van der Waals surface area (Å²) in [5, 5.41) is 12.6. The second-order valence-electron chi connectivity index (χ2n) is 6.77. The van der Waals surface area contributed by atoms with Crippen molar-refractivity contribution in [1.29, 1.82) is 0 Å². The van der Waals surface area contributed by atoms with Crippen LogP contribution in [0.4, 0.5) is 23.0 Å². The highest BCUT2D eigenvalue weighted by atomic mass is 35.5. The van der Waals surface area contributed by atoms with Gasteiger partial charge in [-0.1, -0.05) is 35.3 Å². The van der Waals surface area contributed by atoms with Crippen molar-refractivity contribution in [2.45, 2.75) is 13.8 Å². The fraction of sp³-hybridized carbons (Fsp3) is 0.190. The average Bonchev–Trinajstić information content (AvgIpc) is 2.77. The third-order valence-electron chi connectivity index (χ3n) is 4.44. The molecule has 0 spiro atoms. The maximum Gasteiger partial charge on any atom is 0.355 e. The van der Waals surface area contributed by atoms with Gasteiger partial charge in [0.1, 0.15) is 12.1 Å². The molecule has 3 aromatic rings. The van der Waals surface area contributed by atoms with Crippen LogP contribution in [0, 0.1) is 17.0 Å². The Morgan fingerprint density at radius 2 is 2.00 bits per heavy atom. The number of aryl methyl sites for hydroxylation is 1. The van der Waals surface area contributed by atoms with Crippen molar-refractivity contribution < 1.29 is 14.5 Å². The molecule has 33 heavy (non-hydrogen) atoms. The Balaban J connectivity index is 1.76. The Bertz CT molecular complexity index is 1180. The number of nitrogens with one attached hydrogen (secondary N) is 2. The zero-order valence-electron chi connectivity index (χ0n) is 17.7. The summed E-state index contributed by atoms with van der Waals surface area (Å²) in [7, 11) is 0. The van der Waals surface area contributed by atoms with E-state index < -0.39 is 17.4 Å². The summed E-state index contributed by atoms with van der Waals surface area (Å²) in [6.45, 7) is 3.79. The van der Waals surface area contributed by atoms with E-state index in [2.05, 4.69) is 20.8 Å². The minimum absolute atomic E-state index is 0.0871. The molecule has 2 N–H and O–H groups in total. The summed E-state index contributed by atoms with van der Waals surface area (Å²) in [5.41, 5.74) is 6.16. The van der Waals surface area contributed by atoms with Crippen molar-refractivity contribution >= 4 is 52.1 Å². The van der Waals surface area contributed by atoms with Gasteiger partial charge in [-0.2, -0.15) is 0 Å². The number of halogens is 2. The van der Waals surface area contributed by atoms with Crippen molar-refractivity contribution in [3.63, 3.8) is 0 Å². The SMILES string of the molecule is CCN(c1cccc(C)c1)c1ncnc(NNC(=O)COc2ccc(Cl)cc2Cl)c1[N+](=O)[O-]. The predicted octanol–water partition coefficient (Wildman–Crippen LogP) is 4.68. The first-order valence-corrected chi connectivity index (χ1v) is 10.5. The van der Waals surface area contributed by atoms with Crippen LogP contribution in [-0.4, -0.2) is 34.0 Å². The number of nitrogens with zero attached hydrogens (tertiary/aromatic N) is 4. The summed E-state index contributed by atoms with van der Waals surface area (Å²) >= 11 is 11.8. The third-order valence-corrected chi connectivity index (χ3v) is 4.97. The van der Waals surface area contributed by atoms with Gasteiger partial charge in [0, 0.05) is 17.3 Å². The van der Waals surface area contributed by atoms with Gasteiger partial charge < -0.3 is 9.64 Å². The van der Waals surface area contributed by atoms with Crippen molar-refractivity contribution in [3.05, 3.63) is 74.5 Å². The molecule has 0 fully saturated rings. The molecule has 1 amide bonds. The molecule has 0 aliphatic heterocycles. The normalized spacial score (nSPS) is 10.4. The average molecular weight is 491 g/mol. The zero-order valence-corrected chi connectivity index (χ0v) is 19.2. The van der Waals surface area contributed by atoms with Crippen molar-refractivity contribution in [2.24, 2.45) is 0 Å². The van der Waals surface area contributed by atoms with Gasteiger partial charge >= 0.3 is 5.69 Å². The van der Waals surface area contributed by atoms with Gasteiger partial charge in [-0.3, -0.25) is 25.8 Å². The molecule has 0 aliphatic rings. The van der Waals surface area contributed by atoms with Gasteiger partial charge in [0.05, 0.1) is 9.95 Å². The molecule has 0 radical (unpaired) electrons. The van der Waals surface area contributed by atoms with Gasteiger partial charge in [0.15, 0.2) is 6.61 Å². The molecule has 0 bridgehead atoms.